The van der Waals surface area contributed by atoms with Crippen molar-refractivity contribution < 1.29 is 18.3 Å². The Bertz CT molecular complexity index is 376. The van der Waals surface area contributed by atoms with E-state index in [4.69, 9.17) is 5.11 Å². The van der Waals surface area contributed by atoms with E-state index in [1.807, 2.05) is 0 Å². The first kappa shape index (κ1) is 8.92. The molecular formula is C6H7NO4S. The molecule has 1 N–H and O–H groups in total. The van der Waals surface area contributed by atoms with Gasteiger partial charge >= 0.3 is 5.97 Å². The third-order valence-electron chi connectivity index (χ3n) is 1.25. The Balaban J connectivity index is 3.13. The quantitative estimate of drug-likeness (QED) is 0.619. The van der Waals surface area contributed by atoms with Crippen molar-refractivity contribution in [2.45, 2.75) is 6.92 Å². The van der Waals surface area contributed by atoms with Crippen LogP contribution in [0.3, 0.4) is 0 Å². The molecule has 1 rings (SSSR count). The molecule has 0 spiro atoms. The molecule has 66 valence electrons. The molecule has 0 aromatic carbocycles. The van der Waals surface area contributed by atoms with Crippen molar-refractivity contribution in [1.82, 2.24) is 0 Å². The van der Waals surface area contributed by atoms with Gasteiger partial charge in [-0.05, 0) is 6.92 Å². The fourth-order valence-electron chi connectivity index (χ4n) is 0.873. The molecule has 0 bridgehead atoms. The molecule has 5 nitrogen and oxygen atoms in total. The second-order valence-corrected chi connectivity index (χ2v) is 4.28. The van der Waals surface area contributed by atoms with Gasteiger partial charge in [-0.3, -0.25) is 0 Å². The molecule has 6 heteroatoms. The number of carboxylic acids is 1. The topological polar surface area (TPSA) is 83.8 Å². The van der Waals surface area contributed by atoms with Gasteiger partial charge < -0.3 is 5.11 Å². The molecule has 0 aliphatic carbocycles. The highest BCUT2D eigenvalue weighted by molar-refractivity contribution is 7.95. The van der Waals surface area contributed by atoms with E-state index < -0.39 is 21.6 Å². The molecule has 0 fully saturated rings. The zero-order valence-electron chi connectivity index (χ0n) is 6.31. The lowest BCUT2D eigenvalue weighted by Crippen LogP contribution is -2.25. The van der Waals surface area contributed by atoms with Crippen molar-refractivity contribution in [2.75, 3.05) is 5.75 Å². The van der Waals surface area contributed by atoms with Crippen molar-refractivity contribution in [3.05, 3.63) is 11.1 Å². The minimum absolute atomic E-state index is 0.207. The number of carbonyl (C=O) groups is 1. The SMILES string of the molecule is CC1=CS(=O)(=O)CC(C(=O)O)=N1. The fourth-order valence-corrected chi connectivity index (χ4v) is 2.10. The number of aliphatic imine (C=N–C) groups is 1. The van der Waals surface area contributed by atoms with Crippen LogP contribution in [-0.4, -0.2) is 31.0 Å². The van der Waals surface area contributed by atoms with Crippen molar-refractivity contribution in [3.63, 3.8) is 0 Å². The monoisotopic (exact) mass is 189 g/mol. The van der Waals surface area contributed by atoms with Crippen LogP contribution in [0.4, 0.5) is 0 Å². The van der Waals surface area contributed by atoms with E-state index in [-0.39, 0.29) is 11.4 Å². The van der Waals surface area contributed by atoms with Gasteiger partial charge in [0.15, 0.2) is 9.84 Å². The van der Waals surface area contributed by atoms with Crippen LogP contribution in [0.5, 0.6) is 0 Å². The van der Waals surface area contributed by atoms with Gasteiger partial charge in [0.05, 0.1) is 5.41 Å². The van der Waals surface area contributed by atoms with Gasteiger partial charge in [0.2, 0.25) is 0 Å². The minimum Gasteiger partial charge on any atom is -0.477 e. The summed E-state index contributed by atoms with van der Waals surface area (Å²) in [6, 6.07) is 0. The number of hydrogen-bond donors (Lipinski definition) is 1. The maximum atomic E-state index is 11.0. The van der Waals surface area contributed by atoms with Gasteiger partial charge in [-0.2, -0.15) is 0 Å². The number of hydrogen-bond acceptors (Lipinski definition) is 4. The number of aliphatic carboxylic acids is 1. The van der Waals surface area contributed by atoms with Gasteiger partial charge in [0.1, 0.15) is 11.5 Å². The molecule has 0 saturated carbocycles. The highest BCUT2D eigenvalue weighted by atomic mass is 32.2. The van der Waals surface area contributed by atoms with Crippen molar-refractivity contribution in [1.29, 1.82) is 0 Å². The molecule has 0 saturated heterocycles. The number of allylic oxidation sites excluding steroid dienone is 1. The van der Waals surface area contributed by atoms with Crippen LogP contribution in [0, 0.1) is 0 Å². The molecule has 0 radical (unpaired) electrons. The molecule has 0 aromatic heterocycles. The fraction of sp³-hybridized carbons (Fsp3) is 0.333. The molecule has 1 aliphatic rings. The van der Waals surface area contributed by atoms with E-state index in [9.17, 15) is 13.2 Å². The van der Waals surface area contributed by atoms with Crippen LogP contribution >= 0.6 is 0 Å². The molecule has 12 heavy (non-hydrogen) atoms. The lowest BCUT2D eigenvalue weighted by Gasteiger charge is -2.06. The van der Waals surface area contributed by atoms with Crippen LogP contribution in [0.1, 0.15) is 6.92 Å². The lowest BCUT2D eigenvalue weighted by atomic mass is 10.4. The van der Waals surface area contributed by atoms with Crippen molar-refractivity contribution in [2.24, 2.45) is 4.99 Å². The predicted molar refractivity (Wildman–Crippen MR) is 42.6 cm³/mol. The third kappa shape index (κ3) is 1.91. The van der Waals surface area contributed by atoms with Gasteiger partial charge in [-0.25, -0.2) is 18.2 Å². The molecule has 0 aromatic rings. The summed E-state index contributed by atoms with van der Waals surface area (Å²) in [5, 5.41) is 9.44. The first-order valence-electron chi connectivity index (χ1n) is 3.12. The predicted octanol–water partition coefficient (Wildman–Crippen LogP) is -0.198. The van der Waals surface area contributed by atoms with Crippen molar-refractivity contribution >= 4 is 21.5 Å². The largest absolute Gasteiger partial charge is 0.477 e. The van der Waals surface area contributed by atoms with Crippen molar-refractivity contribution in [3.8, 4) is 0 Å². The number of sulfone groups is 1. The summed E-state index contributed by atoms with van der Waals surface area (Å²) < 4.78 is 21.9. The maximum Gasteiger partial charge on any atom is 0.351 e. The minimum atomic E-state index is -3.40. The Morgan fingerprint density at radius 3 is 2.67 bits per heavy atom. The highest BCUT2D eigenvalue weighted by Gasteiger charge is 2.22. The standard InChI is InChI=1S/C6H7NO4S/c1-4-2-12(10,11)3-5(7-4)6(8)9/h2H,3H2,1H3,(H,8,9). The number of nitrogens with zero attached hydrogens (tertiary/aromatic N) is 1. The summed E-state index contributed by atoms with van der Waals surface area (Å²) >= 11 is 0. The second kappa shape index (κ2) is 2.71. The maximum absolute atomic E-state index is 11.0. The van der Waals surface area contributed by atoms with Gasteiger partial charge in [0, 0.05) is 5.70 Å². The summed E-state index contributed by atoms with van der Waals surface area (Å²) in [6.07, 6.45) is 0. The van der Waals surface area contributed by atoms with E-state index in [1.54, 1.807) is 0 Å². The van der Waals surface area contributed by atoms with E-state index in [0.29, 0.717) is 0 Å². The van der Waals surface area contributed by atoms with Gasteiger partial charge in [0.25, 0.3) is 0 Å². The molecule has 0 atom stereocenters. The van der Waals surface area contributed by atoms with Crippen LogP contribution in [0.15, 0.2) is 16.1 Å². The molecule has 0 amide bonds. The van der Waals surface area contributed by atoms with Crippen LogP contribution in [0.2, 0.25) is 0 Å². The van der Waals surface area contributed by atoms with E-state index in [1.165, 1.54) is 6.92 Å². The summed E-state index contributed by atoms with van der Waals surface area (Å²) in [5.41, 5.74) is -0.117. The third-order valence-corrected chi connectivity index (χ3v) is 2.62. The molecular weight excluding hydrogens is 182 g/mol. The normalized spacial score (nSPS) is 21.1. The lowest BCUT2D eigenvalue weighted by molar-refractivity contribution is -0.129. The average molecular weight is 189 g/mol. The Labute approximate surface area is 69.3 Å². The highest BCUT2D eigenvalue weighted by Crippen LogP contribution is 2.09. The zero-order chi connectivity index (χ0) is 9.35. The second-order valence-electron chi connectivity index (χ2n) is 2.43. The van der Waals surface area contributed by atoms with Crippen LogP contribution in [0.25, 0.3) is 0 Å². The number of rotatable bonds is 1. The summed E-state index contributed by atoms with van der Waals surface area (Å²) in [4.78, 5) is 13.9. The van der Waals surface area contributed by atoms with Crippen LogP contribution < -0.4 is 0 Å². The van der Waals surface area contributed by atoms with Crippen LogP contribution in [-0.2, 0) is 14.6 Å². The summed E-state index contributed by atoms with van der Waals surface area (Å²) in [6.45, 7) is 1.44. The number of carboxylic acid groups (broad SMARTS) is 1. The average Bonchev–Trinajstić information content (AvgIpc) is 1.82. The Morgan fingerprint density at radius 1 is 1.67 bits per heavy atom. The van der Waals surface area contributed by atoms with Gasteiger partial charge in [-0.15, -0.1) is 0 Å². The summed E-state index contributed by atoms with van der Waals surface area (Å²) in [7, 11) is -3.40. The first-order valence-corrected chi connectivity index (χ1v) is 4.84. The van der Waals surface area contributed by atoms with E-state index >= 15 is 0 Å². The molecule has 1 aliphatic heterocycles. The Hall–Kier alpha value is -1.17. The summed E-state index contributed by atoms with van der Waals surface area (Å²) in [5.74, 6) is -1.80. The Kier molecular flexibility index (Phi) is 2.01. The Morgan fingerprint density at radius 2 is 2.25 bits per heavy atom. The first-order chi connectivity index (χ1) is 5.41. The van der Waals surface area contributed by atoms with E-state index in [2.05, 4.69) is 4.99 Å². The van der Waals surface area contributed by atoms with Gasteiger partial charge in [-0.1, -0.05) is 0 Å². The molecule has 0 unspecified atom stereocenters. The van der Waals surface area contributed by atoms with E-state index in [0.717, 1.165) is 5.41 Å². The smallest absolute Gasteiger partial charge is 0.351 e. The zero-order valence-corrected chi connectivity index (χ0v) is 7.13. The molecule has 1 heterocycles.